The van der Waals surface area contributed by atoms with Crippen LogP contribution < -0.4 is 5.56 Å². The van der Waals surface area contributed by atoms with E-state index in [9.17, 15) is 19.8 Å². The van der Waals surface area contributed by atoms with Crippen LogP contribution in [0.2, 0.25) is 0 Å². The van der Waals surface area contributed by atoms with Crippen molar-refractivity contribution in [2.75, 3.05) is 19.7 Å². The molecule has 0 bridgehead atoms. The SMILES string of the molecule is C[C@@]1(O)CCOC2(CCN(C(=O)c3ccc[nH]c3=O)CC2)[C@H]1O. The molecule has 3 N–H and O–H groups in total. The number of piperidine rings is 1. The van der Waals surface area contributed by atoms with E-state index in [2.05, 4.69) is 4.98 Å². The maximum Gasteiger partial charge on any atom is 0.260 e. The quantitative estimate of drug-likeness (QED) is 0.669. The number of rotatable bonds is 1. The number of nitrogens with zero attached hydrogens (tertiary/aromatic N) is 1. The number of aliphatic hydroxyl groups is 2. The Kier molecular flexibility index (Phi) is 4.03. The molecule has 126 valence electrons. The van der Waals surface area contributed by atoms with E-state index >= 15 is 0 Å². The molecular formula is C16H22N2O5. The molecule has 2 aliphatic heterocycles. The highest BCUT2D eigenvalue weighted by Crippen LogP contribution is 2.39. The first-order valence-electron chi connectivity index (χ1n) is 7.87. The molecule has 2 atom stereocenters. The number of hydrogen-bond donors (Lipinski definition) is 3. The molecule has 1 spiro atoms. The van der Waals surface area contributed by atoms with E-state index in [0.29, 0.717) is 39.0 Å². The number of likely N-dealkylation sites (tertiary alicyclic amines) is 1. The van der Waals surface area contributed by atoms with Crippen LogP contribution in [0.3, 0.4) is 0 Å². The summed E-state index contributed by atoms with van der Waals surface area (Å²) < 4.78 is 5.80. The minimum Gasteiger partial charge on any atom is -0.387 e. The van der Waals surface area contributed by atoms with Crippen LogP contribution in [0, 0.1) is 0 Å². The maximum atomic E-state index is 12.5. The van der Waals surface area contributed by atoms with Crippen molar-refractivity contribution in [3.63, 3.8) is 0 Å². The molecule has 0 saturated carbocycles. The van der Waals surface area contributed by atoms with E-state index in [1.54, 1.807) is 17.9 Å². The number of aromatic amines is 1. The summed E-state index contributed by atoms with van der Waals surface area (Å²) in [7, 11) is 0. The summed E-state index contributed by atoms with van der Waals surface area (Å²) in [6.45, 7) is 2.75. The van der Waals surface area contributed by atoms with Gasteiger partial charge in [-0.15, -0.1) is 0 Å². The Morgan fingerprint density at radius 3 is 2.74 bits per heavy atom. The van der Waals surface area contributed by atoms with Gasteiger partial charge in [0.15, 0.2) is 0 Å². The van der Waals surface area contributed by atoms with E-state index in [-0.39, 0.29) is 11.5 Å². The third-order valence-corrected chi connectivity index (χ3v) is 5.03. The Balaban J connectivity index is 1.72. The van der Waals surface area contributed by atoms with Gasteiger partial charge in [0.2, 0.25) is 0 Å². The predicted octanol–water partition coefficient (Wildman–Crippen LogP) is -0.118. The first-order chi connectivity index (χ1) is 10.9. The molecule has 2 aliphatic rings. The molecule has 1 amide bonds. The number of hydrogen-bond acceptors (Lipinski definition) is 5. The summed E-state index contributed by atoms with van der Waals surface area (Å²) >= 11 is 0. The van der Waals surface area contributed by atoms with Crippen molar-refractivity contribution < 1.29 is 19.7 Å². The van der Waals surface area contributed by atoms with Gasteiger partial charge in [-0.3, -0.25) is 9.59 Å². The van der Waals surface area contributed by atoms with E-state index < -0.39 is 22.9 Å². The van der Waals surface area contributed by atoms with E-state index in [1.807, 2.05) is 0 Å². The fourth-order valence-electron chi connectivity index (χ4n) is 3.51. The second kappa shape index (κ2) is 5.74. The first kappa shape index (κ1) is 16.2. The zero-order valence-electron chi connectivity index (χ0n) is 13.1. The van der Waals surface area contributed by atoms with Crippen molar-refractivity contribution in [3.05, 3.63) is 34.2 Å². The zero-order chi connectivity index (χ0) is 16.7. The molecule has 3 rings (SSSR count). The van der Waals surface area contributed by atoms with Crippen molar-refractivity contribution in [1.82, 2.24) is 9.88 Å². The Hall–Kier alpha value is -1.70. The van der Waals surface area contributed by atoms with Gasteiger partial charge in [0.05, 0.1) is 12.2 Å². The van der Waals surface area contributed by atoms with Crippen LogP contribution in [0.25, 0.3) is 0 Å². The molecular weight excluding hydrogens is 300 g/mol. The van der Waals surface area contributed by atoms with Crippen molar-refractivity contribution in [2.45, 2.75) is 43.5 Å². The van der Waals surface area contributed by atoms with Crippen molar-refractivity contribution in [2.24, 2.45) is 0 Å². The lowest BCUT2D eigenvalue weighted by molar-refractivity contribution is -0.244. The Labute approximate surface area is 133 Å². The minimum absolute atomic E-state index is 0.112. The summed E-state index contributed by atoms with van der Waals surface area (Å²) in [4.78, 5) is 28.3. The van der Waals surface area contributed by atoms with Crippen LogP contribution in [0.15, 0.2) is 23.1 Å². The number of aromatic nitrogens is 1. The number of aliphatic hydroxyl groups excluding tert-OH is 1. The Bertz CT molecular complexity index is 646. The van der Waals surface area contributed by atoms with Gasteiger partial charge in [-0.25, -0.2) is 0 Å². The lowest BCUT2D eigenvalue weighted by atomic mass is 9.75. The second-order valence-electron chi connectivity index (χ2n) is 6.63. The van der Waals surface area contributed by atoms with Gasteiger partial charge in [-0.05, 0) is 31.9 Å². The fourth-order valence-corrected chi connectivity index (χ4v) is 3.51. The Morgan fingerprint density at radius 1 is 1.39 bits per heavy atom. The van der Waals surface area contributed by atoms with Crippen LogP contribution in [-0.2, 0) is 4.74 Å². The molecule has 23 heavy (non-hydrogen) atoms. The zero-order valence-corrected chi connectivity index (χ0v) is 13.1. The smallest absolute Gasteiger partial charge is 0.260 e. The second-order valence-corrected chi connectivity index (χ2v) is 6.63. The average molecular weight is 322 g/mol. The molecule has 0 aromatic carbocycles. The van der Waals surface area contributed by atoms with Gasteiger partial charge in [0, 0.05) is 25.7 Å². The average Bonchev–Trinajstić information content (AvgIpc) is 2.53. The van der Waals surface area contributed by atoms with Gasteiger partial charge in [0.1, 0.15) is 17.3 Å². The summed E-state index contributed by atoms with van der Waals surface area (Å²) in [6, 6.07) is 3.12. The molecule has 1 aromatic rings. The van der Waals surface area contributed by atoms with Crippen LogP contribution in [-0.4, -0.2) is 63.0 Å². The van der Waals surface area contributed by atoms with E-state index in [0.717, 1.165) is 0 Å². The number of carbonyl (C=O) groups is 1. The Morgan fingerprint density at radius 2 is 2.09 bits per heavy atom. The number of nitrogens with one attached hydrogen (secondary N) is 1. The lowest BCUT2D eigenvalue weighted by Gasteiger charge is -2.51. The van der Waals surface area contributed by atoms with Crippen LogP contribution in [0.4, 0.5) is 0 Å². The van der Waals surface area contributed by atoms with Gasteiger partial charge < -0.3 is 24.8 Å². The van der Waals surface area contributed by atoms with Gasteiger partial charge >= 0.3 is 0 Å². The molecule has 7 nitrogen and oxygen atoms in total. The largest absolute Gasteiger partial charge is 0.387 e. The highest BCUT2D eigenvalue weighted by atomic mass is 16.5. The fraction of sp³-hybridized carbons (Fsp3) is 0.625. The summed E-state index contributed by atoms with van der Waals surface area (Å²) in [5.41, 5.74) is -2.29. The number of pyridine rings is 1. The third kappa shape index (κ3) is 2.80. The topological polar surface area (TPSA) is 103 Å². The normalized spacial score (nSPS) is 30.4. The third-order valence-electron chi connectivity index (χ3n) is 5.03. The first-order valence-corrected chi connectivity index (χ1v) is 7.87. The highest BCUT2D eigenvalue weighted by Gasteiger charge is 2.52. The number of H-pyrrole nitrogens is 1. The molecule has 0 radical (unpaired) electrons. The van der Waals surface area contributed by atoms with Crippen molar-refractivity contribution >= 4 is 5.91 Å². The van der Waals surface area contributed by atoms with Crippen LogP contribution >= 0.6 is 0 Å². The van der Waals surface area contributed by atoms with E-state index in [1.165, 1.54) is 12.3 Å². The van der Waals surface area contributed by atoms with E-state index in [4.69, 9.17) is 4.74 Å². The monoisotopic (exact) mass is 322 g/mol. The van der Waals surface area contributed by atoms with Crippen molar-refractivity contribution in [1.29, 1.82) is 0 Å². The molecule has 7 heteroatoms. The van der Waals surface area contributed by atoms with Crippen molar-refractivity contribution in [3.8, 4) is 0 Å². The predicted molar refractivity (Wildman–Crippen MR) is 82.1 cm³/mol. The summed E-state index contributed by atoms with van der Waals surface area (Å²) in [6.07, 6.45) is 1.75. The number of amides is 1. The minimum atomic E-state index is -1.18. The van der Waals surface area contributed by atoms with Crippen LogP contribution in [0.1, 0.15) is 36.5 Å². The lowest BCUT2D eigenvalue weighted by Crippen LogP contribution is -2.64. The van der Waals surface area contributed by atoms with Gasteiger partial charge in [-0.2, -0.15) is 0 Å². The van der Waals surface area contributed by atoms with Gasteiger partial charge in [-0.1, -0.05) is 0 Å². The molecule has 0 unspecified atom stereocenters. The number of carbonyl (C=O) groups excluding carboxylic acids is 1. The molecule has 0 aliphatic carbocycles. The highest BCUT2D eigenvalue weighted by molar-refractivity contribution is 5.93. The molecule has 2 saturated heterocycles. The number of ether oxygens (including phenoxy) is 1. The molecule has 1 aromatic heterocycles. The van der Waals surface area contributed by atoms with Crippen LogP contribution in [0.5, 0.6) is 0 Å². The molecule has 2 fully saturated rings. The standard InChI is InChI=1S/C16H22N2O5/c1-15(22)6-10-23-16(14(15)21)4-8-18(9-5-16)13(20)11-3-2-7-17-12(11)19/h2-3,7,14,21-22H,4-6,8-10H2,1H3,(H,17,19)/t14-,15+/m0/s1. The maximum absolute atomic E-state index is 12.5. The summed E-state index contributed by atoms with van der Waals surface area (Å²) in [5.74, 6) is -0.321. The van der Waals surface area contributed by atoms with Gasteiger partial charge in [0.25, 0.3) is 11.5 Å². The summed E-state index contributed by atoms with van der Waals surface area (Å²) in [5, 5.41) is 20.8. The molecule has 3 heterocycles.